The number of hydrogen-bond acceptors (Lipinski definition) is 4. The highest BCUT2D eigenvalue weighted by molar-refractivity contribution is 7.89. The number of carboxylic acid groups (broad SMARTS) is 1. The van der Waals surface area contributed by atoms with Gasteiger partial charge >= 0.3 is 5.97 Å². The zero-order valence-electron chi connectivity index (χ0n) is 8.55. The number of carboxylic acids is 1. The number of nitrogens with one attached hydrogen (secondary N) is 1. The van der Waals surface area contributed by atoms with Crippen molar-refractivity contribution >= 4 is 21.9 Å². The van der Waals surface area contributed by atoms with E-state index in [1.165, 1.54) is 0 Å². The Morgan fingerprint density at radius 1 is 1.38 bits per heavy atom. The molecule has 1 rings (SSSR count). The van der Waals surface area contributed by atoms with Crippen LogP contribution in [0.25, 0.3) is 0 Å². The molecule has 1 fully saturated rings. The molecular weight excluding hydrogens is 236 g/mol. The van der Waals surface area contributed by atoms with Crippen LogP contribution >= 0.6 is 0 Å². The lowest BCUT2D eigenvalue weighted by atomic mass is 10.3. The highest BCUT2D eigenvalue weighted by Gasteiger charge is 2.48. The molecule has 1 amide bonds. The number of carbonyl (C=O) groups is 2. The molecule has 0 aromatic rings. The minimum atomic E-state index is -3.50. The van der Waals surface area contributed by atoms with Crippen molar-refractivity contribution in [3.63, 3.8) is 0 Å². The summed E-state index contributed by atoms with van der Waals surface area (Å²) in [6.45, 7) is 0.193. The molecule has 92 valence electrons. The SMILES string of the molecule is NS(=O)(=O)CCCNC(=O)[C@@H]1C[C@@H]1C(=O)O. The van der Waals surface area contributed by atoms with Crippen LogP contribution in [0.3, 0.4) is 0 Å². The van der Waals surface area contributed by atoms with Crippen LogP contribution in [-0.2, 0) is 19.6 Å². The van der Waals surface area contributed by atoms with Crippen molar-refractivity contribution in [3.05, 3.63) is 0 Å². The number of carbonyl (C=O) groups excluding carboxylic acids is 1. The Kier molecular flexibility index (Phi) is 3.87. The number of primary sulfonamides is 1. The molecule has 0 aromatic carbocycles. The highest BCUT2D eigenvalue weighted by Crippen LogP contribution is 2.38. The Morgan fingerprint density at radius 2 is 2.00 bits per heavy atom. The maximum absolute atomic E-state index is 11.3. The van der Waals surface area contributed by atoms with Crippen LogP contribution in [0.1, 0.15) is 12.8 Å². The molecular formula is C8H14N2O5S. The first-order chi connectivity index (χ1) is 7.31. The van der Waals surface area contributed by atoms with Gasteiger partial charge in [0.05, 0.1) is 17.6 Å². The van der Waals surface area contributed by atoms with E-state index in [0.29, 0.717) is 6.42 Å². The Balaban J connectivity index is 2.16. The smallest absolute Gasteiger partial charge is 0.307 e. The van der Waals surface area contributed by atoms with E-state index in [2.05, 4.69) is 5.32 Å². The lowest BCUT2D eigenvalue weighted by Crippen LogP contribution is -2.29. The minimum absolute atomic E-state index is 0.193. The van der Waals surface area contributed by atoms with Crippen molar-refractivity contribution in [2.75, 3.05) is 12.3 Å². The summed E-state index contributed by atoms with van der Waals surface area (Å²) in [6, 6.07) is 0. The third-order valence-electron chi connectivity index (χ3n) is 2.35. The molecule has 1 aliphatic rings. The van der Waals surface area contributed by atoms with Crippen molar-refractivity contribution in [2.24, 2.45) is 17.0 Å². The second-order valence-corrected chi connectivity index (χ2v) is 5.53. The third-order valence-corrected chi connectivity index (χ3v) is 3.21. The van der Waals surface area contributed by atoms with Gasteiger partial charge in [-0.1, -0.05) is 0 Å². The average Bonchev–Trinajstić information content (AvgIpc) is 2.89. The van der Waals surface area contributed by atoms with Gasteiger partial charge in [0.25, 0.3) is 0 Å². The third kappa shape index (κ3) is 4.15. The number of amides is 1. The van der Waals surface area contributed by atoms with Crippen LogP contribution in [0.2, 0.25) is 0 Å². The summed E-state index contributed by atoms with van der Waals surface area (Å²) in [5.41, 5.74) is 0. The second-order valence-electron chi connectivity index (χ2n) is 3.80. The van der Waals surface area contributed by atoms with Crippen molar-refractivity contribution in [3.8, 4) is 0 Å². The maximum atomic E-state index is 11.3. The molecule has 0 spiro atoms. The molecule has 0 aromatic heterocycles. The first kappa shape index (κ1) is 12.9. The molecule has 2 atom stereocenters. The van der Waals surface area contributed by atoms with Gasteiger partial charge in [0, 0.05) is 6.54 Å². The number of sulfonamides is 1. The van der Waals surface area contributed by atoms with Gasteiger partial charge in [-0.2, -0.15) is 0 Å². The highest BCUT2D eigenvalue weighted by atomic mass is 32.2. The van der Waals surface area contributed by atoms with Gasteiger partial charge in [-0.3, -0.25) is 9.59 Å². The molecule has 16 heavy (non-hydrogen) atoms. The Labute approximate surface area is 93.1 Å². The molecule has 0 saturated heterocycles. The molecule has 7 nitrogen and oxygen atoms in total. The van der Waals surface area contributed by atoms with Crippen molar-refractivity contribution in [1.82, 2.24) is 5.32 Å². The van der Waals surface area contributed by atoms with Gasteiger partial charge in [-0.15, -0.1) is 0 Å². The zero-order valence-corrected chi connectivity index (χ0v) is 9.37. The van der Waals surface area contributed by atoms with Gasteiger partial charge < -0.3 is 10.4 Å². The molecule has 0 bridgehead atoms. The first-order valence-corrected chi connectivity index (χ1v) is 6.54. The molecule has 1 aliphatic carbocycles. The fourth-order valence-electron chi connectivity index (χ4n) is 1.37. The Morgan fingerprint density at radius 3 is 2.44 bits per heavy atom. The summed E-state index contributed by atoms with van der Waals surface area (Å²) >= 11 is 0. The van der Waals surface area contributed by atoms with Crippen LogP contribution in [0.4, 0.5) is 0 Å². The van der Waals surface area contributed by atoms with Crippen LogP contribution in [0.5, 0.6) is 0 Å². The fraction of sp³-hybridized carbons (Fsp3) is 0.750. The Bertz CT molecular complexity index is 391. The van der Waals surface area contributed by atoms with E-state index < -0.39 is 27.8 Å². The summed E-state index contributed by atoms with van der Waals surface area (Å²) in [4.78, 5) is 21.8. The summed E-state index contributed by atoms with van der Waals surface area (Å²) < 4.78 is 21.1. The van der Waals surface area contributed by atoms with Gasteiger partial charge in [-0.05, 0) is 12.8 Å². The predicted molar refractivity (Wildman–Crippen MR) is 54.8 cm³/mol. The van der Waals surface area contributed by atoms with E-state index >= 15 is 0 Å². The van der Waals surface area contributed by atoms with Gasteiger partial charge in [0.1, 0.15) is 0 Å². The van der Waals surface area contributed by atoms with E-state index in [-0.39, 0.29) is 24.6 Å². The van der Waals surface area contributed by atoms with Crippen LogP contribution < -0.4 is 10.5 Å². The van der Waals surface area contributed by atoms with Crippen molar-refractivity contribution in [2.45, 2.75) is 12.8 Å². The normalized spacial score (nSPS) is 23.8. The van der Waals surface area contributed by atoms with E-state index in [1.54, 1.807) is 0 Å². The van der Waals surface area contributed by atoms with Crippen molar-refractivity contribution in [1.29, 1.82) is 0 Å². The van der Waals surface area contributed by atoms with Gasteiger partial charge in [0.15, 0.2) is 0 Å². The van der Waals surface area contributed by atoms with Crippen molar-refractivity contribution < 1.29 is 23.1 Å². The lowest BCUT2D eigenvalue weighted by molar-refractivity contribution is -0.140. The topological polar surface area (TPSA) is 127 Å². The predicted octanol–water partition coefficient (Wildman–Crippen LogP) is -1.50. The van der Waals surface area contributed by atoms with E-state index in [1.807, 2.05) is 0 Å². The second kappa shape index (κ2) is 4.79. The Hall–Kier alpha value is -1.15. The van der Waals surface area contributed by atoms with Gasteiger partial charge in [0.2, 0.25) is 15.9 Å². The van der Waals surface area contributed by atoms with Crippen LogP contribution in [0.15, 0.2) is 0 Å². The molecule has 0 radical (unpaired) electrons. The monoisotopic (exact) mass is 250 g/mol. The number of rotatable bonds is 6. The standard InChI is InChI=1S/C8H14N2O5S/c9-16(14,15)3-1-2-10-7(11)5-4-6(5)8(12)13/h5-6H,1-4H2,(H,10,11)(H,12,13)(H2,9,14,15)/t5-,6+/m1/s1. The quantitative estimate of drug-likeness (QED) is 0.494. The average molecular weight is 250 g/mol. The number of nitrogens with two attached hydrogens (primary N) is 1. The van der Waals surface area contributed by atoms with E-state index in [4.69, 9.17) is 10.2 Å². The summed E-state index contributed by atoms with van der Waals surface area (Å²) in [6.07, 6.45) is 0.589. The molecule has 8 heteroatoms. The van der Waals surface area contributed by atoms with Crippen LogP contribution in [-0.4, -0.2) is 37.7 Å². The van der Waals surface area contributed by atoms with Gasteiger partial charge in [-0.25, -0.2) is 13.6 Å². The molecule has 0 aliphatic heterocycles. The molecule has 0 heterocycles. The molecule has 1 saturated carbocycles. The largest absolute Gasteiger partial charge is 0.481 e. The summed E-state index contributed by atoms with van der Waals surface area (Å²) in [5.74, 6) is -2.54. The fourth-order valence-corrected chi connectivity index (χ4v) is 1.92. The van der Waals surface area contributed by atoms with E-state index in [0.717, 1.165) is 0 Å². The lowest BCUT2D eigenvalue weighted by Gasteiger charge is -2.03. The number of hydrogen-bond donors (Lipinski definition) is 3. The maximum Gasteiger partial charge on any atom is 0.307 e. The summed E-state index contributed by atoms with van der Waals surface area (Å²) in [5, 5.41) is 15.8. The number of aliphatic carboxylic acids is 1. The molecule has 0 unspecified atom stereocenters. The van der Waals surface area contributed by atoms with Crippen LogP contribution in [0, 0.1) is 11.8 Å². The minimum Gasteiger partial charge on any atom is -0.481 e. The summed E-state index contributed by atoms with van der Waals surface area (Å²) in [7, 11) is -3.50. The van der Waals surface area contributed by atoms with E-state index in [9.17, 15) is 18.0 Å². The zero-order chi connectivity index (χ0) is 12.3. The molecule has 4 N–H and O–H groups in total. The first-order valence-electron chi connectivity index (χ1n) is 4.82.